The van der Waals surface area contributed by atoms with Crippen LogP contribution in [0.5, 0.6) is 0 Å². The van der Waals surface area contributed by atoms with Crippen LogP contribution in [0.1, 0.15) is 18.4 Å². The number of nitrogens with one attached hydrogen (secondary N) is 2. The number of hydrogen-bond donors (Lipinski definition) is 2. The minimum atomic E-state index is -4.57. The lowest BCUT2D eigenvalue weighted by Crippen LogP contribution is -2.35. The first-order chi connectivity index (χ1) is 8.88. The molecule has 19 heavy (non-hydrogen) atoms. The number of hydrogen-bond acceptors (Lipinski definition) is 2. The van der Waals surface area contributed by atoms with E-state index in [0.29, 0.717) is 31.2 Å². The van der Waals surface area contributed by atoms with Crippen molar-refractivity contribution in [2.45, 2.75) is 25.1 Å². The summed E-state index contributed by atoms with van der Waals surface area (Å²) < 4.78 is 50.9. The summed E-state index contributed by atoms with van der Waals surface area (Å²) >= 11 is 0. The Morgan fingerprint density at radius 3 is 2.68 bits per heavy atom. The highest BCUT2D eigenvalue weighted by atomic mass is 19.4. The molecule has 1 aromatic carbocycles. The molecule has 0 bridgehead atoms. The van der Waals surface area contributed by atoms with E-state index in [1.54, 1.807) is 0 Å². The van der Waals surface area contributed by atoms with Crippen molar-refractivity contribution in [3.63, 3.8) is 0 Å². The Labute approximate surface area is 107 Å². The predicted molar refractivity (Wildman–Crippen MR) is 61.1 cm³/mol. The summed E-state index contributed by atoms with van der Waals surface area (Å²) in [7, 11) is 0. The zero-order valence-corrected chi connectivity index (χ0v) is 9.85. The molecule has 7 heteroatoms. The third kappa shape index (κ3) is 3.23. The number of anilines is 1. The lowest BCUT2D eigenvalue weighted by atomic mass is 10.1. The van der Waals surface area contributed by atoms with E-state index in [0.717, 1.165) is 6.42 Å². The maximum atomic E-state index is 13.4. The molecular weight excluding hydrogens is 264 g/mol. The Balaban J connectivity index is 2.17. The molecule has 1 aliphatic rings. The quantitative estimate of drug-likeness (QED) is 0.815. The highest BCUT2D eigenvalue weighted by Gasteiger charge is 2.31. The van der Waals surface area contributed by atoms with Crippen LogP contribution in [0.25, 0.3) is 0 Å². The minimum Gasteiger partial charge on any atom is -0.322 e. The third-order valence-corrected chi connectivity index (χ3v) is 2.93. The summed E-state index contributed by atoms with van der Waals surface area (Å²) in [6.07, 6.45) is -3.17. The minimum absolute atomic E-state index is 0.450. The number of carbonyl (C=O) groups excluding carboxylic acids is 1. The summed E-state index contributed by atoms with van der Waals surface area (Å²) in [4.78, 5) is 11.7. The fourth-order valence-electron chi connectivity index (χ4n) is 1.93. The maximum absolute atomic E-state index is 13.4. The number of halogens is 4. The van der Waals surface area contributed by atoms with Crippen molar-refractivity contribution >= 4 is 11.6 Å². The maximum Gasteiger partial charge on any atom is 0.416 e. The van der Waals surface area contributed by atoms with Crippen molar-refractivity contribution in [3.05, 3.63) is 29.6 Å². The molecule has 0 radical (unpaired) electrons. The average Bonchev–Trinajstić information content (AvgIpc) is 2.84. The smallest absolute Gasteiger partial charge is 0.322 e. The van der Waals surface area contributed by atoms with E-state index in [1.165, 1.54) is 0 Å². The molecule has 1 saturated heterocycles. The van der Waals surface area contributed by atoms with Crippen LogP contribution in [-0.4, -0.2) is 18.5 Å². The normalized spacial score (nSPS) is 19.5. The molecule has 0 unspecified atom stereocenters. The van der Waals surface area contributed by atoms with Crippen molar-refractivity contribution in [1.29, 1.82) is 0 Å². The number of alkyl halides is 3. The summed E-state index contributed by atoms with van der Waals surface area (Å²) in [6, 6.07) is 1.45. The summed E-state index contributed by atoms with van der Waals surface area (Å²) in [5, 5.41) is 5.07. The van der Waals surface area contributed by atoms with Crippen LogP contribution < -0.4 is 10.6 Å². The van der Waals surface area contributed by atoms with Gasteiger partial charge in [-0.25, -0.2) is 4.39 Å². The van der Waals surface area contributed by atoms with Gasteiger partial charge in [-0.1, -0.05) is 0 Å². The van der Waals surface area contributed by atoms with Crippen molar-refractivity contribution in [2.24, 2.45) is 0 Å². The van der Waals surface area contributed by atoms with Gasteiger partial charge in [0.25, 0.3) is 0 Å². The molecule has 0 aromatic heterocycles. The average molecular weight is 276 g/mol. The standard InChI is InChI=1S/C12H12F4N2O/c13-8-4-3-7(12(14,15)16)6-10(8)18-11(19)9-2-1-5-17-9/h3-4,6,9,17H,1-2,5H2,(H,18,19)/t9-/m1/s1. The van der Waals surface area contributed by atoms with Crippen LogP contribution in [0.2, 0.25) is 0 Å². The second-order valence-corrected chi connectivity index (χ2v) is 4.33. The highest BCUT2D eigenvalue weighted by molar-refractivity contribution is 5.95. The molecule has 0 aliphatic carbocycles. The van der Waals surface area contributed by atoms with E-state index in [4.69, 9.17) is 0 Å². The topological polar surface area (TPSA) is 41.1 Å². The number of rotatable bonds is 2. The molecule has 2 N–H and O–H groups in total. The van der Waals surface area contributed by atoms with Crippen molar-refractivity contribution in [2.75, 3.05) is 11.9 Å². The molecule has 0 spiro atoms. The first-order valence-electron chi connectivity index (χ1n) is 5.79. The van der Waals surface area contributed by atoms with Crippen LogP contribution in [0.3, 0.4) is 0 Å². The zero-order valence-electron chi connectivity index (χ0n) is 9.85. The van der Waals surface area contributed by atoms with Gasteiger partial charge in [-0.2, -0.15) is 13.2 Å². The Bertz CT molecular complexity index is 481. The molecule has 0 saturated carbocycles. The van der Waals surface area contributed by atoms with E-state index in [1.807, 2.05) is 0 Å². The van der Waals surface area contributed by atoms with Crippen molar-refractivity contribution in [3.8, 4) is 0 Å². The van der Waals surface area contributed by atoms with Gasteiger partial charge in [0.15, 0.2) is 0 Å². The van der Waals surface area contributed by atoms with E-state index in [2.05, 4.69) is 10.6 Å². The highest BCUT2D eigenvalue weighted by Crippen LogP contribution is 2.31. The number of amides is 1. The van der Waals surface area contributed by atoms with Crippen LogP contribution in [0.4, 0.5) is 23.2 Å². The van der Waals surface area contributed by atoms with Gasteiger partial charge in [-0.05, 0) is 37.6 Å². The fraction of sp³-hybridized carbons (Fsp3) is 0.417. The van der Waals surface area contributed by atoms with Gasteiger partial charge in [0, 0.05) is 0 Å². The molecule has 1 aliphatic heterocycles. The third-order valence-electron chi connectivity index (χ3n) is 2.93. The zero-order chi connectivity index (χ0) is 14.0. The molecule has 104 valence electrons. The van der Waals surface area contributed by atoms with Gasteiger partial charge >= 0.3 is 6.18 Å². The Kier molecular flexibility index (Phi) is 3.75. The Hall–Kier alpha value is -1.63. The molecule has 1 aromatic rings. The van der Waals surface area contributed by atoms with Crippen LogP contribution >= 0.6 is 0 Å². The Morgan fingerprint density at radius 2 is 2.11 bits per heavy atom. The van der Waals surface area contributed by atoms with Gasteiger partial charge in [0.1, 0.15) is 5.82 Å². The van der Waals surface area contributed by atoms with E-state index in [-0.39, 0.29) is 0 Å². The number of carbonyl (C=O) groups is 1. The second kappa shape index (κ2) is 5.16. The molecule has 1 fully saturated rings. The lowest BCUT2D eigenvalue weighted by Gasteiger charge is -2.13. The molecule has 1 amide bonds. The molecule has 3 nitrogen and oxygen atoms in total. The van der Waals surface area contributed by atoms with E-state index in [9.17, 15) is 22.4 Å². The predicted octanol–water partition coefficient (Wildman–Crippen LogP) is 2.54. The lowest BCUT2D eigenvalue weighted by molar-refractivity contribution is -0.137. The van der Waals surface area contributed by atoms with Crippen LogP contribution in [-0.2, 0) is 11.0 Å². The number of benzene rings is 1. The molecule has 2 rings (SSSR count). The first-order valence-corrected chi connectivity index (χ1v) is 5.79. The first kappa shape index (κ1) is 13.8. The monoisotopic (exact) mass is 276 g/mol. The van der Waals surface area contributed by atoms with E-state index < -0.39 is 35.2 Å². The van der Waals surface area contributed by atoms with Gasteiger partial charge in [0.05, 0.1) is 17.3 Å². The SMILES string of the molecule is O=C(Nc1cc(C(F)(F)F)ccc1F)[C@H]1CCCN1. The molecular formula is C12H12F4N2O. The summed E-state index contributed by atoms with van der Waals surface area (Å²) in [6.45, 7) is 0.670. The van der Waals surface area contributed by atoms with Gasteiger partial charge < -0.3 is 10.6 Å². The van der Waals surface area contributed by atoms with Gasteiger partial charge in [-0.3, -0.25) is 4.79 Å². The fourth-order valence-corrected chi connectivity index (χ4v) is 1.93. The van der Waals surface area contributed by atoms with Crippen molar-refractivity contribution in [1.82, 2.24) is 5.32 Å². The van der Waals surface area contributed by atoms with Crippen molar-refractivity contribution < 1.29 is 22.4 Å². The van der Waals surface area contributed by atoms with E-state index >= 15 is 0 Å². The largest absolute Gasteiger partial charge is 0.416 e. The molecule has 1 heterocycles. The second-order valence-electron chi connectivity index (χ2n) is 4.33. The summed E-state index contributed by atoms with van der Waals surface area (Å²) in [5.41, 5.74) is -1.45. The van der Waals surface area contributed by atoms with Gasteiger partial charge in [-0.15, -0.1) is 0 Å². The molecule has 1 atom stereocenters. The van der Waals surface area contributed by atoms with Crippen LogP contribution in [0, 0.1) is 5.82 Å². The summed E-state index contributed by atoms with van der Waals surface area (Å²) in [5.74, 6) is -1.41. The Morgan fingerprint density at radius 1 is 1.37 bits per heavy atom. The van der Waals surface area contributed by atoms with Crippen LogP contribution in [0.15, 0.2) is 18.2 Å². The van der Waals surface area contributed by atoms with Gasteiger partial charge in [0.2, 0.25) is 5.91 Å².